The molecule has 2 aromatic carbocycles. The van der Waals surface area contributed by atoms with E-state index in [0.29, 0.717) is 15.7 Å². The summed E-state index contributed by atoms with van der Waals surface area (Å²) in [7, 11) is 0. The average Bonchev–Trinajstić information content (AvgIpc) is 2.48. The summed E-state index contributed by atoms with van der Waals surface area (Å²) >= 11 is 11.6. The van der Waals surface area contributed by atoms with Crippen LogP contribution in [0.15, 0.2) is 36.4 Å². The van der Waals surface area contributed by atoms with Crippen molar-refractivity contribution in [1.82, 2.24) is 0 Å². The molecule has 0 radical (unpaired) electrons. The van der Waals surface area contributed by atoms with Crippen molar-refractivity contribution < 1.29 is 14.3 Å². The van der Waals surface area contributed by atoms with Gasteiger partial charge in [-0.15, -0.1) is 0 Å². The van der Waals surface area contributed by atoms with E-state index in [4.69, 9.17) is 33.7 Å². The lowest BCUT2D eigenvalue weighted by Crippen LogP contribution is -2.21. The number of nitrogens with one attached hydrogen (secondary N) is 1. The summed E-state index contributed by atoms with van der Waals surface area (Å²) in [6.45, 7) is 1.38. The van der Waals surface area contributed by atoms with Gasteiger partial charge in [0.15, 0.2) is 6.61 Å². The first-order chi connectivity index (χ1) is 10.9. The van der Waals surface area contributed by atoms with Crippen molar-refractivity contribution >= 4 is 46.5 Å². The number of nitrogen functional groups attached to an aromatic ring is 1. The highest BCUT2D eigenvalue weighted by molar-refractivity contribution is 6.31. The summed E-state index contributed by atoms with van der Waals surface area (Å²) in [6.07, 6.45) is 0. The van der Waals surface area contributed by atoms with Crippen LogP contribution in [0.2, 0.25) is 10.0 Å². The molecule has 0 aromatic heterocycles. The average molecular weight is 353 g/mol. The Hall–Kier alpha value is -2.24. The van der Waals surface area contributed by atoms with Crippen molar-refractivity contribution in [2.45, 2.75) is 6.92 Å². The molecule has 0 atom stereocenters. The zero-order valence-electron chi connectivity index (χ0n) is 12.2. The first-order valence-corrected chi connectivity index (χ1v) is 7.40. The molecule has 5 nitrogen and oxygen atoms in total. The number of nitrogens with two attached hydrogens (primary N) is 1. The van der Waals surface area contributed by atoms with E-state index in [2.05, 4.69) is 5.32 Å². The third kappa shape index (κ3) is 4.61. The zero-order chi connectivity index (χ0) is 17.0. The van der Waals surface area contributed by atoms with Gasteiger partial charge in [-0.05, 0) is 48.9 Å². The Morgan fingerprint density at radius 3 is 2.43 bits per heavy atom. The van der Waals surface area contributed by atoms with Gasteiger partial charge in [-0.3, -0.25) is 4.79 Å². The second-order valence-corrected chi connectivity index (χ2v) is 5.69. The number of hydrogen-bond acceptors (Lipinski definition) is 4. The maximum atomic E-state index is 11.9. The molecule has 120 valence electrons. The van der Waals surface area contributed by atoms with Crippen molar-refractivity contribution in [2.75, 3.05) is 17.7 Å². The van der Waals surface area contributed by atoms with Gasteiger partial charge in [-0.1, -0.05) is 23.2 Å². The number of rotatable bonds is 4. The lowest BCUT2D eigenvalue weighted by atomic mass is 10.2. The Bertz CT molecular complexity index is 763. The molecule has 0 bridgehead atoms. The van der Waals surface area contributed by atoms with E-state index >= 15 is 0 Å². The van der Waals surface area contributed by atoms with E-state index in [1.54, 1.807) is 18.2 Å². The number of benzene rings is 2. The summed E-state index contributed by atoms with van der Waals surface area (Å²) in [6, 6.07) is 9.46. The minimum Gasteiger partial charge on any atom is -0.452 e. The van der Waals surface area contributed by atoms with Gasteiger partial charge in [0.1, 0.15) is 0 Å². The largest absolute Gasteiger partial charge is 0.452 e. The predicted molar refractivity (Wildman–Crippen MR) is 91.0 cm³/mol. The molecule has 0 heterocycles. The first-order valence-electron chi connectivity index (χ1n) is 6.65. The Kier molecular flexibility index (Phi) is 5.47. The molecule has 0 saturated heterocycles. The maximum Gasteiger partial charge on any atom is 0.340 e. The highest BCUT2D eigenvalue weighted by Crippen LogP contribution is 2.20. The normalized spacial score (nSPS) is 10.2. The Balaban J connectivity index is 1.94. The number of carbonyl (C=O) groups excluding carboxylic acids is 2. The summed E-state index contributed by atoms with van der Waals surface area (Å²) in [5, 5.41) is 3.63. The van der Waals surface area contributed by atoms with Gasteiger partial charge >= 0.3 is 5.97 Å². The van der Waals surface area contributed by atoms with Crippen LogP contribution in [0.25, 0.3) is 0 Å². The van der Waals surface area contributed by atoms with Crippen molar-refractivity contribution in [3.8, 4) is 0 Å². The fraction of sp³-hybridized carbons (Fsp3) is 0.125. The second kappa shape index (κ2) is 7.35. The minimum absolute atomic E-state index is 0.157. The van der Waals surface area contributed by atoms with E-state index in [-0.39, 0.29) is 11.3 Å². The standard InChI is InChI=1S/C16H14Cl2N2O3/c1-9-6-10(17)3-5-14(9)20-15(21)8-23-16(22)12-4-2-11(18)7-13(12)19/h2-7H,8,19H2,1H3,(H,20,21). The Morgan fingerprint density at radius 1 is 1.13 bits per heavy atom. The second-order valence-electron chi connectivity index (χ2n) is 4.82. The molecule has 0 saturated carbocycles. The van der Waals surface area contributed by atoms with Crippen LogP contribution >= 0.6 is 23.2 Å². The van der Waals surface area contributed by atoms with Gasteiger partial charge in [-0.2, -0.15) is 0 Å². The number of aryl methyl sites for hydroxylation is 1. The van der Waals surface area contributed by atoms with Gasteiger partial charge < -0.3 is 15.8 Å². The monoisotopic (exact) mass is 352 g/mol. The molecule has 0 aliphatic rings. The van der Waals surface area contributed by atoms with Crippen LogP contribution in [-0.4, -0.2) is 18.5 Å². The number of hydrogen-bond donors (Lipinski definition) is 2. The van der Waals surface area contributed by atoms with Crippen LogP contribution in [0, 0.1) is 6.92 Å². The van der Waals surface area contributed by atoms with E-state index in [0.717, 1.165) is 5.56 Å². The van der Waals surface area contributed by atoms with Crippen molar-refractivity contribution in [2.24, 2.45) is 0 Å². The quantitative estimate of drug-likeness (QED) is 0.649. The molecule has 0 unspecified atom stereocenters. The zero-order valence-corrected chi connectivity index (χ0v) is 13.7. The molecule has 2 aromatic rings. The number of carbonyl (C=O) groups is 2. The van der Waals surface area contributed by atoms with Gasteiger partial charge in [0.2, 0.25) is 0 Å². The molecule has 0 aliphatic carbocycles. The van der Waals surface area contributed by atoms with E-state index < -0.39 is 18.5 Å². The van der Waals surface area contributed by atoms with Gasteiger partial charge in [0.25, 0.3) is 5.91 Å². The molecule has 0 aliphatic heterocycles. The van der Waals surface area contributed by atoms with Crippen LogP contribution in [0.3, 0.4) is 0 Å². The number of halogens is 2. The molecule has 1 amide bonds. The summed E-state index contributed by atoms with van der Waals surface area (Å²) in [5.41, 5.74) is 7.44. The van der Waals surface area contributed by atoms with Crippen LogP contribution in [0.1, 0.15) is 15.9 Å². The van der Waals surface area contributed by atoms with Crippen molar-refractivity contribution in [1.29, 1.82) is 0 Å². The smallest absolute Gasteiger partial charge is 0.340 e. The van der Waals surface area contributed by atoms with Crippen LogP contribution in [0.5, 0.6) is 0 Å². The lowest BCUT2D eigenvalue weighted by Gasteiger charge is -2.10. The SMILES string of the molecule is Cc1cc(Cl)ccc1NC(=O)COC(=O)c1ccc(Cl)cc1N. The number of anilines is 2. The number of esters is 1. The number of amides is 1. The van der Waals surface area contributed by atoms with Crippen molar-refractivity contribution in [3.05, 3.63) is 57.6 Å². The minimum atomic E-state index is -0.692. The predicted octanol–water partition coefficient (Wildman–Crippen LogP) is 3.68. The van der Waals surface area contributed by atoms with E-state index in [1.165, 1.54) is 18.2 Å². The van der Waals surface area contributed by atoms with E-state index in [1.807, 2.05) is 6.92 Å². The molecule has 7 heteroatoms. The Labute approximate surface area is 143 Å². The molecular formula is C16H14Cl2N2O3. The molecule has 2 rings (SSSR count). The van der Waals surface area contributed by atoms with Crippen LogP contribution < -0.4 is 11.1 Å². The third-order valence-corrected chi connectivity index (χ3v) is 3.50. The van der Waals surface area contributed by atoms with Crippen LogP contribution in [0.4, 0.5) is 11.4 Å². The third-order valence-electron chi connectivity index (χ3n) is 3.03. The highest BCUT2D eigenvalue weighted by atomic mass is 35.5. The fourth-order valence-corrected chi connectivity index (χ4v) is 2.29. The lowest BCUT2D eigenvalue weighted by molar-refractivity contribution is -0.119. The van der Waals surface area contributed by atoms with Crippen LogP contribution in [-0.2, 0) is 9.53 Å². The fourth-order valence-electron chi connectivity index (χ4n) is 1.88. The number of ether oxygens (including phenoxy) is 1. The molecule has 23 heavy (non-hydrogen) atoms. The summed E-state index contributed by atoms with van der Waals surface area (Å²) in [4.78, 5) is 23.8. The highest BCUT2D eigenvalue weighted by Gasteiger charge is 2.14. The molecule has 0 spiro atoms. The molecular weight excluding hydrogens is 339 g/mol. The maximum absolute atomic E-state index is 11.9. The van der Waals surface area contributed by atoms with Crippen molar-refractivity contribution in [3.63, 3.8) is 0 Å². The summed E-state index contributed by atoms with van der Waals surface area (Å²) in [5.74, 6) is -1.15. The first kappa shape index (κ1) is 17.1. The topological polar surface area (TPSA) is 81.4 Å². The molecule has 3 N–H and O–H groups in total. The van der Waals surface area contributed by atoms with E-state index in [9.17, 15) is 9.59 Å². The molecule has 0 fully saturated rings. The van der Waals surface area contributed by atoms with Gasteiger partial charge in [0.05, 0.1) is 5.56 Å². The van der Waals surface area contributed by atoms with Gasteiger partial charge in [0, 0.05) is 21.4 Å². The van der Waals surface area contributed by atoms with Gasteiger partial charge in [-0.25, -0.2) is 4.79 Å². The summed E-state index contributed by atoms with van der Waals surface area (Å²) < 4.78 is 4.95. The Morgan fingerprint density at radius 2 is 1.78 bits per heavy atom.